The van der Waals surface area contributed by atoms with Gasteiger partial charge in [-0.1, -0.05) is 35.3 Å². The summed E-state index contributed by atoms with van der Waals surface area (Å²) < 4.78 is 13.2. The Morgan fingerprint density at radius 2 is 1.72 bits per heavy atom. The van der Waals surface area contributed by atoms with E-state index in [0.717, 1.165) is 0 Å². The normalized spacial score (nSPS) is 10.4. The molecule has 1 amide bonds. The number of hydrogen-bond acceptors (Lipinski definition) is 4. The molecule has 8 heteroatoms. The van der Waals surface area contributed by atoms with Crippen LogP contribution in [0.3, 0.4) is 0 Å². The largest absolute Gasteiger partial charge is 0.339 e. The third-order valence-corrected chi connectivity index (χ3v) is 3.81. The van der Waals surface area contributed by atoms with E-state index in [9.17, 15) is 9.18 Å². The molecule has 1 aromatic heterocycles. The van der Waals surface area contributed by atoms with E-state index in [2.05, 4.69) is 20.6 Å². The Bertz CT molecular complexity index is 899. The van der Waals surface area contributed by atoms with Crippen LogP contribution in [0, 0.1) is 5.82 Å². The van der Waals surface area contributed by atoms with Crippen LogP contribution < -0.4 is 10.6 Å². The van der Waals surface area contributed by atoms with Crippen LogP contribution in [0.25, 0.3) is 0 Å². The number of anilines is 3. The first-order valence-electron chi connectivity index (χ1n) is 7.13. The van der Waals surface area contributed by atoms with Crippen molar-refractivity contribution in [2.45, 2.75) is 0 Å². The molecule has 3 rings (SSSR count). The zero-order valence-electron chi connectivity index (χ0n) is 12.6. The summed E-state index contributed by atoms with van der Waals surface area (Å²) in [5.74, 6) is -0.497. The van der Waals surface area contributed by atoms with Crippen molar-refractivity contribution >= 4 is 46.3 Å². The summed E-state index contributed by atoms with van der Waals surface area (Å²) in [6, 6.07) is 10.8. The van der Waals surface area contributed by atoms with Crippen molar-refractivity contribution in [3.05, 3.63) is 76.4 Å². The number of carbonyl (C=O) groups excluding carboxylic acids is 1. The first kappa shape index (κ1) is 17.1. The topological polar surface area (TPSA) is 66.9 Å². The van der Waals surface area contributed by atoms with Crippen molar-refractivity contribution in [3.63, 3.8) is 0 Å². The molecule has 0 saturated heterocycles. The summed E-state index contributed by atoms with van der Waals surface area (Å²) in [5, 5.41) is 6.12. The van der Waals surface area contributed by atoms with Gasteiger partial charge in [0.05, 0.1) is 28.1 Å². The molecule has 0 unspecified atom stereocenters. The van der Waals surface area contributed by atoms with E-state index >= 15 is 0 Å². The van der Waals surface area contributed by atoms with E-state index < -0.39 is 5.91 Å². The number of aromatic nitrogens is 2. The zero-order valence-corrected chi connectivity index (χ0v) is 14.1. The van der Waals surface area contributed by atoms with E-state index in [1.54, 1.807) is 30.3 Å². The highest BCUT2D eigenvalue weighted by molar-refractivity contribution is 6.39. The molecule has 25 heavy (non-hydrogen) atoms. The molecule has 0 bridgehead atoms. The minimum absolute atomic E-state index is 0.0841. The summed E-state index contributed by atoms with van der Waals surface area (Å²) in [4.78, 5) is 20.4. The summed E-state index contributed by atoms with van der Waals surface area (Å²) in [5.41, 5.74) is 0.912. The van der Waals surface area contributed by atoms with Crippen LogP contribution in [0.1, 0.15) is 10.5 Å². The molecule has 126 valence electrons. The van der Waals surface area contributed by atoms with Gasteiger partial charge >= 0.3 is 0 Å². The first-order valence-corrected chi connectivity index (χ1v) is 7.88. The van der Waals surface area contributed by atoms with Crippen LogP contribution in [0.4, 0.5) is 21.6 Å². The fourth-order valence-electron chi connectivity index (χ4n) is 2.02. The molecule has 0 aliphatic rings. The Balaban J connectivity index is 1.72. The Morgan fingerprint density at radius 1 is 1.00 bits per heavy atom. The number of rotatable bonds is 4. The van der Waals surface area contributed by atoms with Gasteiger partial charge in [0.2, 0.25) is 0 Å². The second-order valence-corrected chi connectivity index (χ2v) is 5.79. The molecular formula is C17H11Cl2FN4O. The lowest BCUT2D eigenvalue weighted by molar-refractivity contribution is 0.102. The smallest absolute Gasteiger partial charge is 0.275 e. The van der Waals surface area contributed by atoms with Gasteiger partial charge in [0.15, 0.2) is 0 Å². The second-order valence-electron chi connectivity index (χ2n) is 4.97. The molecule has 0 aliphatic heterocycles. The predicted molar refractivity (Wildman–Crippen MR) is 96.1 cm³/mol. The van der Waals surface area contributed by atoms with Gasteiger partial charge in [-0.2, -0.15) is 0 Å². The standard InChI is InChI=1S/C17H11Cl2FN4O/c18-12-5-2-6-13(19)16(12)24-17(25)14-8-22-15(9-21-14)23-11-4-1-3-10(20)7-11/h1-9H,(H,22,23)(H,24,25). The second kappa shape index (κ2) is 7.46. The van der Waals surface area contributed by atoms with Crippen molar-refractivity contribution in [1.29, 1.82) is 0 Å². The Kier molecular flexibility index (Phi) is 5.11. The van der Waals surface area contributed by atoms with Gasteiger partial charge in [-0.15, -0.1) is 0 Å². The lowest BCUT2D eigenvalue weighted by Crippen LogP contribution is -2.15. The third kappa shape index (κ3) is 4.23. The van der Waals surface area contributed by atoms with Crippen molar-refractivity contribution in [3.8, 4) is 0 Å². The van der Waals surface area contributed by atoms with Gasteiger partial charge < -0.3 is 10.6 Å². The quantitative estimate of drug-likeness (QED) is 0.678. The van der Waals surface area contributed by atoms with Gasteiger partial charge in [0.1, 0.15) is 17.3 Å². The van der Waals surface area contributed by atoms with Crippen LogP contribution in [-0.4, -0.2) is 15.9 Å². The number of nitrogens with zero attached hydrogens (tertiary/aromatic N) is 2. The number of carbonyl (C=O) groups is 1. The monoisotopic (exact) mass is 376 g/mol. The third-order valence-electron chi connectivity index (χ3n) is 3.18. The maximum Gasteiger partial charge on any atom is 0.275 e. The number of nitrogens with one attached hydrogen (secondary N) is 2. The average Bonchev–Trinajstić information content (AvgIpc) is 2.59. The van der Waals surface area contributed by atoms with Crippen molar-refractivity contribution in [2.24, 2.45) is 0 Å². The van der Waals surface area contributed by atoms with Gasteiger partial charge in [-0.25, -0.2) is 14.4 Å². The minimum atomic E-state index is -0.500. The van der Waals surface area contributed by atoms with E-state index in [1.165, 1.54) is 24.5 Å². The maximum absolute atomic E-state index is 13.2. The fraction of sp³-hybridized carbons (Fsp3) is 0. The predicted octanol–water partition coefficient (Wildman–Crippen LogP) is 4.92. The Morgan fingerprint density at radius 3 is 2.36 bits per heavy atom. The van der Waals surface area contributed by atoms with Crippen LogP contribution in [0.2, 0.25) is 10.0 Å². The minimum Gasteiger partial charge on any atom is -0.339 e. The molecule has 2 N–H and O–H groups in total. The Hall–Kier alpha value is -2.70. The van der Waals surface area contributed by atoms with Crippen LogP contribution >= 0.6 is 23.2 Å². The first-order chi connectivity index (χ1) is 12.0. The molecule has 0 atom stereocenters. The van der Waals surface area contributed by atoms with E-state index in [1.807, 2.05) is 0 Å². The number of benzene rings is 2. The average molecular weight is 377 g/mol. The summed E-state index contributed by atoms with van der Waals surface area (Å²) in [6.45, 7) is 0. The van der Waals surface area contributed by atoms with Crippen LogP contribution in [-0.2, 0) is 0 Å². The number of para-hydroxylation sites is 1. The van der Waals surface area contributed by atoms with Crippen molar-refractivity contribution < 1.29 is 9.18 Å². The highest BCUT2D eigenvalue weighted by Gasteiger charge is 2.13. The Labute approximate surface area is 152 Å². The molecule has 3 aromatic rings. The molecule has 5 nitrogen and oxygen atoms in total. The van der Waals surface area contributed by atoms with E-state index in [0.29, 0.717) is 27.2 Å². The molecular weight excluding hydrogens is 366 g/mol. The van der Waals surface area contributed by atoms with Crippen molar-refractivity contribution in [1.82, 2.24) is 9.97 Å². The van der Waals surface area contributed by atoms with E-state index in [-0.39, 0.29) is 11.5 Å². The van der Waals surface area contributed by atoms with Crippen LogP contribution in [0.15, 0.2) is 54.9 Å². The number of amides is 1. The van der Waals surface area contributed by atoms with Gasteiger partial charge in [0.25, 0.3) is 5.91 Å². The summed E-state index contributed by atoms with van der Waals surface area (Å²) in [6.07, 6.45) is 2.66. The van der Waals surface area contributed by atoms with Crippen LogP contribution in [0.5, 0.6) is 0 Å². The number of halogens is 3. The zero-order chi connectivity index (χ0) is 17.8. The SMILES string of the molecule is O=C(Nc1c(Cl)cccc1Cl)c1cnc(Nc2cccc(F)c2)cn1. The summed E-state index contributed by atoms with van der Waals surface area (Å²) in [7, 11) is 0. The lowest BCUT2D eigenvalue weighted by atomic mass is 10.3. The van der Waals surface area contributed by atoms with Gasteiger partial charge in [-0.05, 0) is 30.3 Å². The maximum atomic E-state index is 13.2. The molecule has 0 saturated carbocycles. The fourth-order valence-corrected chi connectivity index (χ4v) is 2.51. The molecule has 2 aromatic carbocycles. The highest BCUT2D eigenvalue weighted by Crippen LogP contribution is 2.30. The van der Waals surface area contributed by atoms with Crippen molar-refractivity contribution in [2.75, 3.05) is 10.6 Å². The molecule has 1 heterocycles. The molecule has 0 radical (unpaired) electrons. The van der Waals surface area contributed by atoms with Gasteiger partial charge in [-0.3, -0.25) is 4.79 Å². The molecule has 0 spiro atoms. The molecule has 0 aliphatic carbocycles. The lowest BCUT2D eigenvalue weighted by Gasteiger charge is -2.09. The number of hydrogen-bond donors (Lipinski definition) is 2. The molecule has 0 fully saturated rings. The highest BCUT2D eigenvalue weighted by atomic mass is 35.5. The van der Waals surface area contributed by atoms with E-state index in [4.69, 9.17) is 23.2 Å². The summed E-state index contributed by atoms with van der Waals surface area (Å²) >= 11 is 12.0. The van der Waals surface area contributed by atoms with Gasteiger partial charge in [0, 0.05) is 5.69 Å².